The van der Waals surface area contributed by atoms with Crippen LogP contribution in [0.2, 0.25) is 18.1 Å². The highest BCUT2D eigenvalue weighted by Gasteiger charge is 2.43. The zero-order valence-electron chi connectivity index (χ0n) is 13.3. The zero-order valence-corrected chi connectivity index (χ0v) is 14.3. The van der Waals surface area contributed by atoms with Crippen LogP contribution in [0.25, 0.3) is 0 Å². The Kier molecular flexibility index (Phi) is 6.46. The molecule has 0 aliphatic carbocycles. The van der Waals surface area contributed by atoms with Gasteiger partial charge in [-0.1, -0.05) is 20.8 Å². The second kappa shape index (κ2) is 7.18. The van der Waals surface area contributed by atoms with Gasteiger partial charge in [0.2, 0.25) is 0 Å². The molecule has 1 fully saturated rings. The lowest BCUT2D eigenvalue weighted by atomic mass is 9.99. The largest absolute Gasteiger partial charge is 0.407 e. The van der Waals surface area contributed by atoms with Crippen molar-refractivity contribution in [2.24, 2.45) is 0 Å². The molecule has 4 nitrogen and oxygen atoms in total. The Balaban J connectivity index is 2.87. The molecule has 0 aromatic carbocycles. The fourth-order valence-electron chi connectivity index (χ4n) is 2.97. The van der Waals surface area contributed by atoms with Gasteiger partial charge in [-0.3, -0.25) is 0 Å². The Labute approximate surface area is 119 Å². The summed E-state index contributed by atoms with van der Waals surface area (Å²) < 4.78 is 12.1. The molecule has 0 saturated carbocycles. The molecule has 1 unspecified atom stereocenters. The summed E-state index contributed by atoms with van der Waals surface area (Å²) >= 11 is 0. The maximum absolute atomic E-state index is 10.3. The summed E-state index contributed by atoms with van der Waals surface area (Å²) in [6, 6.07) is 3.52. The van der Waals surface area contributed by atoms with Crippen molar-refractivity contribution >= 4 is 8.32 Å². The van der Waals surface area contributed by atoms with Crippen molar-refractivity contribution in [1.82, 2.24) is 4.90 Å². The maximum Gasteiger partial charge on any atom is 0.192 e. The lowest BCUT2D eigenvalue weighted by molar-refractivity contribution is -0.225. The van der Waals surface area contributed by atoms with E-state index in [1.54, 1.807) is 0 Å². The van der Waals surface area contributed by atoms with Gasteiger partial charge in [0.15, 0.2) is 14.6 Å². The number of hydrogen-bond donors (Lipinski definition) is 1. The number of likely N-dealkylation sites (N-methyl/N-ethyl adjacent to an activating group) is 1. The minimum Gasteiger partial charge on any atom is -0.407 e. The van der Waals surface area contributed by atoms with E-state index >= 15 is 0 Å². The summed E-state index contributed by atoms with van der Waals surface area (Å²) in [6.07, 6.45) is -0.00956. The van der Waals surface area contributed by atoms with Crippen LogP contribution in [0.1, 0.15) is 34.1 Å². The van der Waals surface area contributed by atoms with E-state index in [0.717, 1.165) is 24.6 Å². The van der Waals surface area contributed by atoms with Crippen molar-refractivity contribution in [2.75, 3.05) is 14.1 Å². The van der Waals surface area contributed by atoms with Crippen LogP contribution in [0.15, 0.2) is 0 Å². The topological polar surface area (TPSA) is 41.9 Å². The first-order valence-electron chi connectivity index (χ1n) is 7.56. The van der Waals surface area contributed by atoms with Crippen LogP contribution in [-0.4, -0.2) is 57.0 Å². The van der Waals surface area contributed by atoms with Gasteiger partial charge in [0, 0.05) is 6.04 Å². The predicted molar refractivity (Wildman–Crippen MR) is 80.7 cm³/mol. The molecule has 1 N–H and O–H groups in total. The minimum atomic E-state index is -1.72. The molecule has 0 bridgehead atoms. The molecule has 0 radical (unpaired) electrons. The second-order valence-electron chi connectivity index (χ2n) is 5.93. The first-order valence-corrected chi connectivity index (χ1v) is 10.1. The monoisotopic (exact) mass is 289 g/mol. The summed E-state index contributed by atoms with van der Waals surface area (Å²) in [7, 11) is 2.39. The highest BCUT2D eigenvalue weighted by atomic mass is 28.4. The van der Waals surface area contributed by atoms with E-state index in [0.29, 0.717) is 0 Å². The van der Waals surface area contributed by atoms with E-state index in [4.69, 9.17) is 9.16 Å². The standard InChI is InChI=1S/C14H31NO3Si/c1-7-19(8-2,9-3)18-13-12(15(5)6)10-11(4)17-14(13)16/h11-14,16H,7-10H2,1-6H3/t11-,12+,13-,14?/m1/s1. The van der Waals surface area contributed by atoms with Gasteiger partial charge < -0.3 is 19.2 Å². The van der Waals surface area contributed by atoms with Gasteiger partial charge in [0.1, 0.15) is 6.10 Å². The predicted octanol–water partition coefficient (Wildman–Crippen LogP) is 2.43. The number of ether oxygens (including phenoxy) is 1. The molecule has 0 aromatic heterocycles. The smallest absolute Gasteiger partial charge is 0.192 e. The Bertz CT molecular complexity index is 263. The van der Waals surface area contributed by atoms with E-state index in [1.807, 2.05) is 6.92 Å². The third kappa shape index (κ3) is 4.01. The highest BCUT2D eigenvalue weighted by molar-refractivity contribution is 6.73. The SMILES string of the molecule is CC[Si](CC)(CC)O[C@H]1C(O)O[C@H](C)C[C@@H]1N(C)C. The average molecular weight is 289 g/mol. The van der Waals surface area contributed by atoms with E-state index in [9.17, 15) is 5.11 Å². The highest BCUT2D eigenvalue weighted by Crippen LogP contribution is 2.31. The molecule has 0 amide bonds. The van der Waals surface area contributed by atoms with Gasteiger partial charge in [-0.25, -0.2) is 0 Å². The second-order valence-corrected chi connectivity index (χ2v) is 10.7. The molecule has 5 heteroatoms. The van der Waals surface area contributed by atoms with Gasteiger partial charge in [-0.05, 0) is 45.6 Å². The fraction of sp³-hybridized carbons (Fsp3) is 1.00. The normalized spacial score (nSPS) is 32.8. The number of aliphatic hydroxyl groups is 1. The number of aliphatic hydroxyl groups excluding tert-OH is 1. The molecule has 114 valence electrons. The Hall–Kier alpha value is 0.0569. The van der Waals surface area contributed by atoms with E-state index in [2.05, 4.69) is 39.8 Å². The molecule has 1 heterocycles. The lowest BCUT2D eigenvalue weighted by Crippen LogP contribution is -2.58. The van der Waals surface area contributed by atoms with Crippen molar-refractivity contribution < 1.29 is 14.3 Å². The molecular weight excluding hydrogens is 258 g/mol. The third-order valence-corrected chi connectivity index (χ3v) is 9.23. The molecule has 0 aromatic rings. The molecule has 19 heavy (non-hydrogen) atoms. The zero-order chi connectivity index (χ0) is 14.6. The van der Waals surface area contributed by atoms with Gasteiger partial charge in [0.25, 0.3) is 0 Å². The van der Waals surface area contributed by atoms with E-state index < -0.39 is 14.6 Å². The lowest BCUT2D eigenvalue weighted by Gasteiger charge is -2.45. The number of hydrogen-bond acceptors (Lipinski definition) is 4. The molecular formula is C14H31NO3Si. The van der Waals surface area contributed by atoms with Crippen LogP contribution in [0, 0.1) is 0 Å². The van der Waals surface area contributed by atoms with Crippen molar-refractivity contribution in [1.29, 1.82) is 0 Å². The van der Waals surface area contributed by atoms with Gasteiger partial charge in [-0.15, -0.1) is 0 Å². The molecule has 1 aliphatic rings. The number of rotatable bonds is 6. The van der Waals surface area contributed by atoms with Gasteiger partial charge in [0.05, 0.1) is 6.10 Å². The minimum absolute atomic E-state index is 0.0863. The summed E-state index contributed by atoms with van der Waals surface area (Å²) in [5.74, 6) is 0. The molecule has 1 aliphatic heterocycles. The van der Waals surface area contributed by atoms with Gasteiger partial charge >= 0.3 is 0 Å². The molecule has 4 atom stereocenters. The van der Waals surface area contributed by atoms with Crippen molar-refractivity contribution in [3.63, 3.8) is 0 Å². The first-order chi connectivity index (χ1) is 8.89. The van der Waals surface area contributed by atoms with Crippen molar-refractivity contribution in [2.45, 2.75) is 76.8 Å². The maximum atomic E-state index is 10.3. The fourth-order valence-corrected chi connectivity index (χ4v) is 5.82. The Morgan fingerprint density at radius 3 is 2.16 bits per heavy atom. The number of nitrogens with zero attached hydrogens (tertiary/aromatic N) is 1. The van der Waals surface area contributed by atoms with Crippen molar-refractivity contribution in [3.05, 3.63) is 0 Å². The Morgan fingerprint density at radius 2 is 1.74 bits per heavy atom. The third-order valence-electron chi connectivity index (χ3n) is 4.59. The molecule has 1 saturated heterocycles. The van der Waals surface area contributed by atoms with Crippen molar-refractivity contribution in [3.8, 4) is 0 Å². The summed E-state index contributed by atoms with van der Waals surface area (Å²) in [4.78, 5) is 2.16. The summed E-state index contributed by atoms with van der Waals surface area (Å²) in [5.41, 5.74) is 0. The average Bonchev–Trinajstić information content (AvgIpc) is 2.38. The quantitative estimate of drug-likeness (QED) is 0.763. The summed E-state index contributed by atoms with van der Waals surface area (Å²) in [5, 5.41) is 10.3. The summed E-state index contributed by atoms with van der Waals surface area (Å²) in [6.45, 7) is 8.65. The first kappa shape index (κ1) is 17.1. The van der Waals surface area contributed by atoms with Crippen LogP contribution >= 0.6 is 0 Å². The van der Waals surface area contributed by atoms with Crippen LogP contribution in [0.3, 0.4) is 0 Å². The Morgan fingerprint density at radius 1 is 1.21 bits per heavy atom. The van der Waals surface area contributed by atoms with Gasteiger partial charge in [-0.2, -0.15) is 0 Å². The van der Waals surface area contributed by atoms with E-state index in [1.165, 1.54) is 0 Å². The van der Waals surface area contributed by atoms with Crippen LogP contribution in [0.5, 0.6) is 0 Å². The molecule has 0 spiro atoms. The van der Waals surface area contributed by atoms with Crippen LogP contribution < -0.4 is 0 Å². The molecule has 1 rings (SSSR count). The van der Waals surface area contributed by atoms with Crippen LogP contribution in [-0.2, 0) is 9.16 Å². The van der Waals surface area contributed by atoms with E-state index in [-0.39, 0.29) is 18.2 Å². The van der Waals surface area contributed by atoms with Crippen LogP contribution in [0.4, 0.5) is 0 Å².